The van der Waals surface area contributed by atoms with Crippen LogP contribution in [0.2, 0.25) is 0 Å². The Morgan fingerprint density at radius 2 is 2.19 bits per heavy atom. The normalized spacial score (nSPS) is 11.7. The smallest absolute Gasteiger partial charge is 0.276 e. The lowest BCUT2D eigenvalue weighted by Crippen LogP contribution is -2.25. The maximum absolute atomic E-state index is 10.3. The third kappa shape index (κ3) is 7.33. The molecule has 21 heavy (non-hydrogen) atoms. The third-order valence-corrected chi connectivity index (χ3v) is 2.54. The maximum atomic E-state index is 10.3. The number of hydrogen-bond donors (Lipinski definition) is 2. The Bertz CT molecular complexity index is 470. The molecule has 1 heterocycles. The lowest BCUT2D eigenvalue weighted by Gasteiger charge is -2.07. The molecule has 1 rings (SSSR count). The first-order chi connectivity index (χ1) is 10.0. The first kappa shape index (κ1) is 17.0. The van der Waals surface area contributed by atoms with Gasteiger partial charge in [-0.3, -0.25) is 15.0 Å². The number of nitro groups is 1. The molecule has 0 aliphatic heterocycles. The van der Waals surface area contributed by atoms with Gasteiger partial charge in [-0.2, -0.15) is 0 Å². The fraction of sp³-hybridized carbons (Fsp3) is 0.538. The Morgan fingerprint density at radius 1 is 1.48 bits per heavy atom. The van der Waals surface area contributed by atoms with Crippen molar-refractivity contribution in [3.8, 4) is 0 Å². The molecular weight excluding hydrogens is 276 g/mol. The standard InChI is InChI=1S/C13H22N4O4/c1-14-13(10-17(18)19)15-20-8-4-5-11-6-7-12(21-11)9-16(2)3/h6-7,10,14-15H,4-5,8-9H2,1-3H3. The van der Waals surface area contributed by atoms with Gasteiger partial charge in [-0.1, -0.05) is 0 Å². The molecule has 118 valence electrons. The van der Waals surface area contributed by atoms with Gasteiger partial charge >= 0.3 is 0 Å². The largest absolute Gasteiger partial charge is 0.465 e. The minimum Gasteiger partial charge on any atom is -0.465 e. The van der Waals surface area contributed by atoms with Crippen molar-refractivity contribution in [1.82, 2.24) is 15.7 Å². The average Bonchev–Trinajstić information content (AvgIpc) is 2.83. The summed E-state index contributed by atoms with van der Waals surface area (Å²) >= 11 is 0. The van der Waals surface area contributed by atoms with Gasteiger partial charge in [0.25, 0.3) is 6.20 Å². The zero-order valence-corrected chi connectivity index (χ0v) is 12.6. The fourth-order valence-electron chi connectivity index (χ4n) is 1.65. The lowest BCUT2D eigenvalue weighted by atomic mass is 10.2. The molecule has 8 nitrogen and oxygen atoms in total. The number of nitrogens with zero attached hydrogens (tertiary/aromatic N) is 2. The van der Waals surface area contributed by atoms with Crippen molar-refractivity contribution in [3.05, 3.63) is 45.8 Å². The monoisotopic (exact) mass is 298 g/mol. The molecule has 1 aromatic heterocycles. The van der Waals surface area contributed by atoms with Crippen LogP contribution >= 0.6 is 0 Å². The van der Waals surface area contributed by atoms with Crippen LogP contribution in [-0.2, 0) is 17.8 Å². The van der Waals surface area contributed by atoms with E-state index in [4.69, 9.17) is 9.25 Å². The van der Waals surface area contributed by atoms with E-state index in [1.165, 1.54) is 0 Å². The van der Waals surface area contributed by atoms with E-state index in [1.54, 1.807) is 7.05 Å². The summed E-state index contributed by atoms with van der Waals surface area (Å²) in [6.45, 7) is 1.19. The highest BCUT2D eigenvalue weighted by atomic mass is 16.6. The van der Waals surface area contributed by atoms with E-state index in [2.05, 4.69) is 10.8 Å². The van der Waals surface area contributed by atoms with Gasteiger partial charge in [0.15, 0.2) is 5.82 Å². The first-order valence-corrected chi connectivity index (χ1v) is 6.64. The molecular formula is C13H22N4O4. The molecule has 8 heteroatoms. The number of rotatable bonds is 10. The minimum atomic E-state index is -0.558. The molecule has 0 saturated carbocycles. The Morgan fingerprint density at radius 3 is 2.81 bits per heavy atom. The highest BCUT2D eigenvalue weighted by Gasteiger charge is 2.04. The first-order valence-electron chi connectivity index (χ1n) is 6.64. The molecule has 1 aromatic rings. The summed E-state index contributed by atoms with van der Waals surface area (Å²) in [6, 6.07) is 3.92. The molecule has 0 bridgehead atoms. The van der Waals surface area contributed by atoms with Gasteiger partial charge in [-0.05, 0) is 32.6 Å². The molecule has 2 N–H and O–H groups in total. The summed E-state index contributed by atoms with van der Waals surface area (Å²) in [4.78, 5) is 16.9. The predicted octanol–water partition coefficient (Wildman–Crippen LogP) is 1.09. The van der Waals surface area contributed by atoms with E-state index in [0.29, 0.717) is 6.61 Å². The van der Waals surface area contributed by atoms with Crippen LogP contribution < -0.4 is 10.8 Å². The summed E-state index contributed by atoms with van der Waals surface area (Å²) < 4.78 is 5.67. The number of hydrogen-bond acceptors (Lipinski definition) is 7. The van der Waals surface area contributed by atoms with E-state index >= 15 is 0 Å². The van der Waals surface area contributed by atoms with Crippen molar-refractivity contribution in [1.29, 1.82) is 0 Å². The molecule has 0 spiro atoms. The van der Waals surface area contributed by atoms with Crippen molar-refractivity contribution in [2.75, 3.05) is 27.7 Å². The third-order valence-electron chi connectivity index (χ3n) is 2.54. The molecule has 0 radical (unpaired) electrons. The number of aryl methyl sites for hydroxylation is 1. The van der Waals surface area contributed by atoms with E-state index in [9.17, 15) is 10.1 Å². The minimum absolute atomic E-state index is 0.200. The van der Waals surface area contributed by atoms with Gasteiger partial charge < -0.3 is 14.6 Å². The van der Waals surface area contributed by atoms with Crippen LogP contribution in [0.25, 0.3) is 0 Å². The molecule has 0 unspecified atom stereocenters. The molecule has 0 fully saturated rings. The Balaban J connectivity index is 2.22. The van der Waals surface area contributed by atoms with Crippen LogP contribution in [0.1, 0.15) is 17.9 Å². The van der Waals surface area contributed by atoms with Gasteiger partial charge in [-0.25, -0.2) is 5.48 Å². The zero-order valence-electron chi connectivity index (χ0n) is 12.6. The zero-order chi connectivity index (χ0) is 15.7. The van der Waals surface area contributed by atoms with E-state index < -0.39 is 4.92 Å². The van der Waals surface area contributed by atoms with Crippen molar-refractivity contribution in [2.45, 2.75) is 19.4 Å². The van der Waals surface area contributed by atoms with Crippen molar-refractivity contribution in [2.24, 2.45) is 0 Å². The maximum Gasteiger partial charge on any atom is 0.276 e. The van der Waals surface area contributed by atoms with E-state index in [-0.39, 0.29) is 5.82 Å². The summed E-state index contributed by atoms with van der Waals surface area (Å²) in [5.41, 5.74) is 2.49. The van der Waals surface area contributed by atoms with E-state index in [0.717, 1.165) is 37.1 Å². The van der Waals surface area contributed by atoms with Crippen molar-refractivity contribution >= 4 is 0 Å². The summed E-state index contributed by atoms with van der Waals surface area (Å²) in [5, 5.41) is 12.9. The summed E-state index contributed by atoms with van der Waals surface area (Å²) in [5.74, 6) is 2.04. The fourth-order valence-corrected chi connectivity index (χ4v) is 1.65. The lowest BCUT2D eigenvalue weighted by molar-refractivity contribution is -0.404. The summed E-state index contributed by atoms with van der Waals surface area (Å²) in [6.07, 6.45) is 2.31. The molecule has 0 aliphatic rings. The summed E-state index contributed by atoms with van der Waals surface area (Å²) in [7, 11) is 5.54. The van der Waals surface area contributed by atoms with Crippen molar-refractivity contribution in [3.63, 3.8) is 0 Å². The highest BCUT2D eigenvalue weighted by molar-refractivity contribution is 5.07. The molecule has 0 amide bonds. The van der Waals surface area contributed by atoms with Crippen molar-refractivity contribution < 1.29 is 14.2 Å². The number of nitrogens with one attached hydrogen (secondary N) is 2. The van der Waals surface area contributed by atoms with Crippen LogP contribution in [0.4, 0.5) is 0 Å². The van der Waals surface area contributed by atoms with Gasteiger partial charge in [0.2, 0.25) is 0 Å². The topological polar surface area (TPSA) is 92.8 Å². The molecule has 0 aliphatic carbocycles. The second-order valence-electron chi connectivity index (χ2n) is 4.74. The number of hydroxylamine groups is 1. The second kappa shape index (κ2) is 8.98. The molecule has 0 atom stereocenters. The SMILES string of the molecule is CNC(=C[N+](=O)[O-])NOCCCc1ccc(CN(C)C)o1. The van der Waals surface area contributed by atoms with Gasteiger partial charge in [0, 0.05) is 13.5 Å². The van der Waals surface area contributed by atoms with Gasteiger partial charge in [0.1, 0.15) is 11.5 Å². The van der Waals surface area contributed by atoms with Gasteiger partial charge in [-0.15, -0.1) is 0 Å². The Labute approximate surface area is 123 Å². The van der Waals surface area contributed by atoms with Gasteiger partial charge in [0.05, 0.1) is 18.1 Å². The van der Waals surface area contributed by atoms with Crippen LogP contribution in [-0.4, -0.2) is 37.6 Å². The molecule has 0 saturated heterocycles. The number of furan rings is 1. The Kier molecular flexibility index (Phi) is 7.27. The van der Waals surface area contributed by atoms with Crippen LogP contribution in [0.15, 0.2) is 28.6 Å². The van der Waals surface area contributed by atoms with Crippen LogP contribution in [0.5, 0.6) is 0 Å². The van der Waals surface area contributed by atoms with Crippen LogP contribution in [0, 0.1) is 10.1 Å². The second-order valence-corrected chi connectivity index (χ2v) is 4.74. The van der Waals surface area contributed by atoms with Crippen LogP contribution in [0.3, 0.4) is 0 Å². The highest BCUT2D eigenvalue weighted by Crippen LogP contribution is 2.11. The quantitative estimate of drug-likeness (QED) is 0.379. The predicted molar refractivity (Wildman–Crippen MR) is 77.6 cm³/mol. The van der Waals surface area contributed by atoms with E-state index in [1.807, 2.05) is 31.1 Å². The average molecular weight is 298 g/mol. The molecule has 0 aromatic carbocycles. The Hall–Kier alpha value is -2.06.